The van der Waals surface area contributed by atoms with Crippen LogP contribution in [0.5, 0.6) is 0 Å². The number of fused-ring (bicyclic) bond motifs is 5. The number of carbonyl (C=O) groups is 2. The molecule has 0 bridgehead atoms. The fourth-order valence-electron chi connectivity index (χ4n) is 5.93. The molecule has 0 saturated heterocycles. The van der Waals surface area contributed by atoms with Gasteiger partial charge < -0.3 is 29.5 Å². The van der Waals surface area contributed by atoms with E-state index in [9.17, 15) is 27.9 Å². The highest BCUT2D eigenvalue weighted by atomic mass is 19.4. The number of aromatic nitrogens is 1. The molecule has 0 aliphatic carbocycles. The van der Waals surface area contributed by atoms with Crippen molar-refractivity contribution >= 4 is 28.5 Å². The minimum atomic E-state index is -4.63. The number of nitrogens with zero attached hydrogens (tertiary/aromatic N) is 3. The molecule has 0 radical (unpaired) electrons. The second-order valence-corrected chi connectivity index (χ2v) is 11.6. The normalized spacial score (nSPS) is 18.1. The van der Waals surface area contributed by atoms with Crippen molar-refractivity contribution in [1.82, 2.24) is 14.4 Å². The highest BCUT2D eigenvalue weighted by Gasteiger charge is 2.36. The molecule has 2 heterocycles. The molecule has 0 fully saturated rings. The van der Waals surface area contributed by atoms with E-state index >= 15 is 0 Å². The van der Waals surface area contributed by atoms with Gasteiger partial charge in [-0.3, -0.25) is 4.79 Å². The number of alkyl halides is 3. The van der Waals surface area contributed by atoms with Gasteiger partial charge in [0.1, 0.15) is 5.69 Å². The Labute approximate surface area is 260 Å². The Morgan fingerprint density at radius 1 is 1.09 bits per heavy atom. The molecular weight excluding hydrogens is 585 g/mol. The summed E-state index contributed by atoms with van der Waals surface area (Å²) in [5.41, 5.74) is 2.55. The number of halogens is 3. The number of ether oxygens (including phenoxy) is 1. The number of hydrogen-bond donors (Lipinski definition) is 2. The van der Waals surface area contributed by atoms with Gasteiger partial charge in [-0.2, -0.15) is 13.2 Å². The van der Waals surface area contributed by atoms with E-state index in [1.807, 2.05) is 67.1 Å². The molecule has 3 aromatic carbocycles. The van der Waals surface area contributed by atoms with Crippen LogP contribution in [0.3, 0.4) is 0 Å². The molecule has 0 unspecified atom stereocenters. The maximum atomic E-state index is 14.5. The first-order valence-corrected chi connectivity index (χ1v) is 14.8. The predicted octanol–water partition coefficient (Wildman–Crippen LogP) is 6.39. The first kappa shape index (κ1) is 32.1. The number of aliphatic hydroxyl groups is 1. The Kier molecular flexibility index (Phi) is 9.22. The zero-order valence-corrected chi connectivity index (χ0v) is 25.6. The van der Waals surface area contributed by atoms with E-state index in [4.69, 9.17) is 4.74 Å². The summed E-state index contributed by atoms with van der Waals surface area (Å²) in [6, 6.07) is 19.0. The van der Waals surface area contributed by atoms with Gasteiger partial charge in [-0.05, 0) is 36.2 Å². The van der Waals surface area contributed by atoms with Crippen molar-refractivity contribution < 1.29 is 32.6 Å². The molecule has 8 nitrogen and oxygen atoms in total. The van der Waals surface area contributed by atoms with E-state index < -0.39 is 29.9 Å². The van der Waals surface area contributed by atoms with Crippen LogP contribution in [0.1, 0.15) is 35.5 Å². The highest BCUT2D eigenvalue weighted by Crippen LogP contribution is 2.39. The number of anilines is 1. The smallest absolute Gasteiger partial charge is 0.394 e. The van der Waals surface area contributed by atoms with E-state index in [1.165, 1.54) is 30.1 Å². The first-order valence-electron chi connectivity index (χ1n) is 14.8. The lowest BCUT2D eigenvalue weighted by Crippen LogP contribution is -2.48. The minimum Gasteiger partial charge on any atom is -0.394 e. The summed E-state index contributed by atoms with van der Waals surface area (Å²) in [7, 11) is 3.35. The fraction of sp³-hybridized carbons (Fsp3) is 0.353. The number of rotatable bonds is 5. The van der Waals surface area contributed by atoms with Crippen LogP contribution in [-0.4, -0.2) is 70.3 Å². The Balaban J connectivity index is 1.51. The summed E-state index contributed by atoms with van der Waals surface area (Å²) in [5, 5.41) is 13.5. The summed E-state index contributed by atoms with van der Waals surface area (Å²) in [4.78, 5) is 30.5. The summed E-state index contributed by atoms with van der Waals surface area (Å²) >= 11 is 0. The molecule has 1 aliphatic rings. The lowest BCUT2D eigenvalue weighted by Gasteiger charge is -2.35. The van der Waals surface area contributed by atoms with Crippen molar-refractivity contribution in [3.8, 4) is 11.1 Å². The van der Waals surface area contributed by atoms with Crippen LogP contribution in [0.2, 0.25) is 0 Å². The SMILES string of the molecule is C[C@H](CO)N1C[C@H](C)[C@H](CN(C)C(=O)Nc2ccccc2C(F)(F)F)OCc2ccccc2-c2c(n(C)c3ccccc23)C1=O. The number of hydrogen-bond acceptors (Lipinski definition) is 4. The van der Waals surface area contributed by atoms with Gasteiger partial charge >= 0.3 is 12.2 Å². The lowest BCUT2D eigenvalue weighted by molar-refractivity contribution is -0.136. The van der Waals surface area contributed by atoms with Crippen LogP contribution in [0, 0.1) is 5.92 Å². The van der Waals surface area contributed by atoms with Crippen LogP contribution in [0.25, 0.3) is 22.0 Å². The van der Waals surface area contributed by atoms with Gasteiger partial charge in [0.15, 0.2) is 0 Å². The van der Waals surface area contributed by atoms with Crippen LogP contribution in [0.15, 0.2) is 72.8 Å². The summed E-state index contributed by atoms with van der Waals surface area (Å²) in [6.45, 7) is 3.81. The van der Waals surface area contributed by atoms with Crippen molar-refractivity contribution in [2.24, 2.45) is 13.0 Å². The van der Waals surface area contributed by atoms with Gasteiger partial charge in [0.05, 0.1) is 36.6 Å². The molecule has 4 aromatic rings. The number of para-hydroxylation sites is 2. The van der Waals surface area contributed by atoms with Gasteiger partial charge in [0.25, 0.3) is 5.91 Å². The maximum Gasteiger partial charge on any atom is 0.418 e. The van der Waals surface area contributed by atoms with E-state index in [1.54, 1.807) is 11.8 Å². The number of nitrogens with one attached hydrogen (secondary N) is 1. The van der Waals surface area contributed by atoms with Crippen molar-refractivity contribution in [2.75, 3.05) is 32.1 Å². The molecule has 3 atom stereocenters. The molecule has 3 amide bonds. The van der Waals surface area contributed by atoms with E-state index in [0.717, 1.165) is 33.7 Å². The number of aryl methyl sites for hydroxylation is 1. The topological polar surface area (TPSA) is 87.0 Å². The monoisotopic (exact) mass is 622 g/mol. The fourth-order valence-corrected chi connectivity index (χ4v) is 5.93. The zero-order valence-electron chi connectivity index (χ0n) is 25.6. The number of aliphatic hydroxyl groups excluding tert-OH is 1. The second kappa shape index (κ2) is 12.9. The second-order valence-electron chi connectivity index (χ2n) is 11.6. The van der Waals surface area contributed by atoms with E-state index in [0.29, 0.717) is 5.69 Å². The van der Waals surface area contributed by atoms with E-state index in [2.05, 4.69) is 5.32 Å². The first-order chi connectivity index (χ1) is 21.4. The molecule has 2 N–H and O–H groups in total. The van der Waals surface area contributed by atoms with Crippen LogP contribution >= 0.6 is 0 Å². The highest BCUT2D eigenvalue weighted by molar-refractivity contribution is 6.10. The molecule has 1 aliphatic heterocycles. The molecule has 45 heavy (non-hydrogen) atoms. The third kappa shape index (κ3) is 6.41. The standard InChI is InChI=1S/C34H37F3N4O4/c1-21-17-41(22(2)19-42)32(43)31-30(25-13-7-10-16-28(25)40(31)4)24-12-6-5-11-23(24)20-45-29(21)18-39(3)33(44)38-27-15-9-8-14-26(27)34(35,36)37/h5-16,21-22,29,42H,17-20H2,1-4H3,(H,38,44)/t21-,22+,29-/m0/s1. The number of benzene rings is 3. The quantitative estimate of drug-likeness (QED) is 0.270. The van der Waals surface area contributed by atoms with Crippen molar-refractivity contribution in [2.45, 2.75) is 38.8 Å². The van der Waals surface area contributed by atoms with Crippen LogP contribution in [0.4, 0.5) is 23.7 Å². The maximum absolute atomic E-state index is 14.5. The summed E-state index contributed by atoms with van der Waals surface area (Å²) in [5.74, 6) is -0.577. The number of urea groups is 1. The molecule has 0 spiro atoms. The molecule has 5 rings (SSSR count). The number of carbonyl (C=O) groups excluding carboxylic acids is 2. The van der Waals surface area contributed by atoms with Crippen molar-refractivity contribution in [3.05, 3.63) is 89.6 Å². The predicted molar refractivity (Wildman–Crippen MR) is 167 cm³/mol. The average molecular weight is 623 g/mol. The minimum absolute atomic E-state index is 0.0365. The molecule has 238 valence electrons. The van der Waals surface area contributed by atoms with Gasteiger partial charge in [-0.15, -0.1) is 0 Å². The Morgan fingerprint density at radius 2 is 1.76 bits per heavy atom. The molecule has 11 heteroatoms. The molecule has 0 saturated carbocycles. The van der Waals surface area contributed by atoms with Crippen LogP contribution < -0.4 is 5.32 Å². The number of likely N-dealkylation sites (N-methyl/N-ethyl adjacent to an activating group) is 1. The van der Waals surface area contributed by atoms with Crippen LogP contribution in [-0.2, 0) is 24.6 Å². The van der Waals surface area contributed by atoms with Gasteiger partial charge in [0, 0.05) is 49.6 Å². The molecular formula is C34H37F3N4O4. The Morgan fingerprint density at radius 3 is 2.49 bits per heavy atom. The third-order valence-electron chi connectivity index (χ3n) is 8.50. The lowest BCUT2D eigenvalue weighted by atomic mass is 9.96. The largest absolute Gasteiger partial charge is 0.418 e. The Hall–Kier alpha value is -4.35. The summed E-state index contributed by atoms with van der Waals surface area (Å²) < 4.78 is 49.0. The zero-order chi connectivity index (χ0) is 32.5. The van der Waals surface area contributed by atoms with Gasteiger partial charge in [-0.1, -0.05) is 61.5 Å². The van der Waals surface area contributed by atoms with Gasteiger partial charge in [0.2, 0.25) is 0 Å². The number of amides is 3. The Bertz CT molecular complexity index is 1700. The third-order valence-corrected chi connectivity index (χ3v) is 8.50. The average Bonchev–Trinajstić information content (AvgIpc) is 3.31. The summed E-state index contributed by atoms with van der Waals surface area (Å²) in [6.07, 6.45) is -5.24. The van der Waals surface area contributed by atoms with E-state index in [-0.39, 0.29) is 43.8 Å². The molecule has 1 aromatic heterocycles. The van der Waals surface area contributed by atoms with Crippen molar-refractivity contribution in [3.63, 3.8) is 0 Å². The van der Waals surface area contributed by atoms with Crippen molar-refractivity contribution in [1.29, 1.82) is 0 Å². The van der Waals surface area contributed by atoms with Gasteiger partial charge in [-0.25, -0.2) is 4.79 Å².